The summed E-state index contributed by atoms with van der Waals surface area (Å²) < 4.78 is 1.86. The molecule has 0 amide bonds. The van der Waals surface area contributed by atoms with Gasteiger partial charge in [0.2, 0.25) is 0 Å². The van der Waals surface area contributed by atoms with E-state index in [1.165, 1.54) is 36.1 Å². The van der Waals surface area contributed by atoms with Gasteiger partial charge in [0.15, 0.2) is 5.82 Å². The molecule has 1 aliphatic rings. The minimum Gasteiger partial charge on any atom is -0.337 e. The van der Waals surface area contributed by atoms with Crippen LogP contribution < -0.4 is 5.32 Å². The van der Waals surface area contributed by atoms with Gasteiger partial charge in [0.05, 0.1) is 17.1 Å². The second-order valence-electron chi connectivity index (χ2n) is 9.11. The molecule has 2 aromatic heterocycles. The Kier molecular flexibility index (Phi) is 6.17. The van der Waals surface area contributed by atoms with Crippen molar-refractivity contribution in [1.82, 2.24) is 20.0 Å². The fourth-order valence-corrected chi connectivity index (χ4v) is 4.90. The molecular weight excluding hydrogens is 394 g/mol. The predicted octanol–water partition coefficient (Wildman–Crippen LogP) is 6.69. The molecule has 3 aromatic rings. The molecule has 166 valence electrons. The van der Waals surface area contributed by atoms with Gasteiger partial charge in [0.25, 0.3) is 0 Å². The average molecular weight is 428 g/mol. The summed E-state index contributed by atoms with van der Waals surface area (Å²) in [6, 6.07) is 10.4. The molecule has 0 bridgehead atoms. The first-order valence-electron chi connectivity index (χ1n) is 11.3. The highest BCUT2D eigenvalue weighted by Crippen LogP contribution is 2.40. The number of nitrogens with one attached hydrogen (secondary N) is 2. The molecule has 32 heavy (non-hydrogen) atoms. The van der Waals surface area contributed by atoms with Crippen LogP contribution in [0, 0.1) is 12.8 Å². The molecule has 2 unspecified atom stereocenters. The third-order valence-electron chi connectivity index (χ3n) is 6.56. The maximum atomic E-state index is 4.73. The van der Waals surface area contributed by atoms with E-state index in [-0.39, 0.29) is 0 Å². The highest BCUT2D eigenvalue weighted by atomic mass is 15.3. The number of rotatable bonds is 8. The number of anilines is 1. The van der Waals surface area contributed by atoms with Gasteiger partial charge in [0.1, 0.15) is 0 Å². The lowest BCUT2D eigenvalue weighted by Gasteiger charge is -2.09. The van der Waals surface area contributed by atoms with Gasteiger partial charge in [0, 0.05) is 30.3 Å². The van der Waals surface area contributed by atoms with Crippen LogP contribution in [0.15, 0.2) is 55.6 Å². The Labute approximate surface area is 190 Å². The molecule has 0 saturated heterocycles. The van der Waals surface area contributed by atoms with E-state index >= 15 is 0 Å². The van der Waals surface area contributed by atoms with Crippen LogP contribution in [0.25, 0.3) is 23.0 Å². The molecule has 1 aliphatic carbocycles. The molecule has 1 aromatic carbocycles. The van der Waals surface area contributed by atoms with Crippen LogP contribution in [0.4, 0.5) is 5.82 Å². The second-order valence-corrected chi connectivity index (χ2v) is 9.11. The molecule has 5 nitrogen and oxygen atoms in total. The van der Waals surface area contributed by atoms with Crippen molar-refractivity contribution >= 4 is 17.6 Å². The zero-order chi connectivity index (χ0) is 22.8. The van der Waals surface area contributed by atoms with Crippen molar-refractivity contribution in [2.45, 2.75) is 45.4 Å². The van der Waals surface area contributed by atoms with Gasteiger partial charge in [-0.05, 0) is 62.6 Å². The third kappa shape index (κ3) is 4.47. The maximum Gasteiger partial charge on any atom is 0.152 e. The molecule has 4 rings (SSSR count). The summed E-state index contributed by atoms with van der Waals surface area (Å²) in [6.45, 7) is 16.4. The lowest BCUT2D eigenvalue weighted by molar-refractivity contribution is 0.532. The number of benzene rings is 1. The molecule has 2 heterocycles. The number of aryl methyl sites for hydroxylation is 1. The quantitative estimate of drug-likeness (QED) is 0.394. The highest BCUT2D eigenvalue weighted by molar-refractivity contribution is 5.76. The molecule has 0 aliphatic heterocycles. The highest BCUT2D eigenvalue weighted by Gasteiger charge is 2.27. The van der Waals surface area contributed by atoms with E-state index in [2.05, 4.69) is 73.4 Å². The number of H-pyrrole nitrogens is 1. The Balaban J connectivity index is 1.47. The van der Waals surface area contributed by atoms with E-state index in [4.69, 9.17) is 5.10 Å². The van der Waals surface area contributed by atoms with Crippen molar-refractivity contribution in [3.8, 4) is 11.3 Å². The third-order valence-corrected chi connectivity index (χ3v) is 6.56. The average Bonchev–Trinajstić information content (AvgIpc) is 3.48. The van der Waals surface area contributed by atoms with E-state index in [0.29, 0.717) is 5.92 Å². The number of allylic oxidation sites excluding steroid dienone is 1. The minimum atomic E-state index is 0.541. The van der Waals surface area contributed by atoms with Gasteiger partial charge >= 0.3 is 0 Å². The first kappa shape index (κ1) is 21.9. The van der Waals surface area contributed by atoms with E-state index in [1.807, 2.05) is 23.9 Å². The number of aromatic amines is 1. The minimum absolute atomic E-state index is 0.541. The summed E-state index contributed by atoms with van der Waals surface area (Å²) in [4.78, 5) is 0. The molecule has 0 radical (unpaired) electrons. The van der Waals surface area contributed by atoms with Gasteiger partial charge in [-0.1, -0.05) is 43.0 Å². The Bertz CT molecular complexity index is 1160. The number of hydrogen-bond acceptors (Lipinski definition) is 3. The summed E-state index contributed by atoms with van der Waals surface area (Å²) >= 11 is 0. The topological polar surface area (TPSA) is 58.5 Å². The van der Waals surface area contributed by atoms with Crippen LogP contribution in [0.2, 0.25) is 0 Å². The molecule has 1 fully saturated rings. The Morgan fingerprint density at radius 1 is 1.28 bits per heavy atom. The van der Waals surface area contributed by atoms with Crippen LogP contribution in [0.1, 0.15) is 61.0 Å². The van der Waals surface area contributed by atoms with Crippen LogP contribution in [0.5, 0.6) is 0 Å². The van der Waals surface area contributed by atoms with Crippen molar-refractivity contribution < 1.29 is 0 Å². The molecule has 2 atom stereocenters. The zero-order valence-electron chi connectivity index (χ0n) is 19.4. The number of hydrogen-bond donors (Lipinski definition) is 2. The van der Waals surface area contributed by atoms with Crippen LogP contribution in [-0.2, 0) is 7.05 Å². The standard InChI is InChI=1S/C27H33N5/c1-7-21-9-8-10-23(18(21)4)25-15-26(32(6)31-25)19(5)28-27-16-24(29-30-27)22-12-11-20(14-22)13-17(2)3/h7-10,15-16,20,22H,1-2,5,11-14H2,3-4,6H3,(H2,28,29,30). The lowest BCUT2D eigenvalue weighted by Crippen LogP contribution is -2.03. The Morgan fingerprint density at radius 2 is 2.09 bits per heavy atom. The van der Waals surface area contributed by atoms with Gasteiger partial charge in [-0.3, -0.25) is 9.78 Å². The van der Waals surface area contributed by atoms with E-state index in [1.54, 1.807) is 0 Å². The molecule has 5 heteroatoms. The fraction of sp³-hybridized carbons (Fsp3) is 0.333. The van der Waals surface area contributed by atoms with Crippen molar-refractivity contribution in [3.05, 3.63) is 78.2 Å². The van der Waals surface area contributed by atoms with Crippen molar-refractivity contribution in [1.29, 1.82) is 0 Å². The van der Waals surface area contributed by atoms with Crippen LogP contribution >= 0.6 is 0 Å². The second kappa shape index (κ2) is 9.03. The van der Waals surface area contributed by atoms with E-state index in [9.17, 15) is 0 Å². The van der Waals surface area contributed by atoms with Crippen molar-refractivity contribution in [3.63, 3.8) is 0 Å². The van der Waals surface area contributed by atoms with Gasteiger partial charge in [-0.25, -0.2) is 0 Å². The molecule has 0 spiro atoms. The van der Waals surface area contributed by atoms with Gasteiger partial charge in [-0.15, -0.1) is 6.58 Å². The van der Waals surface area contributed by atoms with Gasteiger partial charge < -0.3 is 5.32 Å². The maximum absolute atomic E-state index is 4.73. The Hall–Kier alpha value is -3.34. The van der Waals surface area contributed by atoms with Gasteiger partial charge in [-0.2, -0.15) is 10.2 Å². The van der Waals surface area contributed by atoms with Crippen LogP contribution in [0.3, 0.4) is 0 Å². The van der Waals surface area contributed by atoms with E-state index < -0.39 is 0 Å². The summed E-state index contributed by atoms with van der Waals surface area (Å²) in [5, 5.41) is 15.8. The van der Waals surface area contributed by atoms with Crippen LogP contribution in [-0.4, -0.2) is 20.0 Å². The lowest BCUT2D eigenvalue weighted by atomic mass is 9.97. The normalized spacial score (nSPS) is 18.0. The van der Waals surface area contributed by atoms with Crippen molar-refractivity contribution in [2.75, 3.05) is 5.32 Å². The summed E-state index contributed by atoms with van der Waals surface area (Å²) in [5.41, 5.74) is 8.49. The summed E-state index contributed by atoms with van der Waals surface area (Å²) in [7, 11) is 1.94. The fourth-order valence-electron chi connectivity index (χ4n) is 4.90. The van der Waals surface area contributed by atoms with Crippen molar-refractivity contribution in [2.24, 2.45) is 13.0 Å². The number of aromatic nitrogens is 4. The number of nitrogens with zero attached hydrogens (tertiary/aromatic N) is 3. The van der Waals surface area contributed by atoms with E-state index in [0.717, 1.165) is 46.4 Å². The largest absolute Gasteiger partial charge is 0.337 e. The first-order chi connectivity index (χ1) is 15.4. The predicted molar refractivity (Wildman–Crippen MR) is 134 cm³/mol. The molecule has 2 N–H and O–H groups in total. The summed E-state index contributed by atoms with van der Waals surface area (Å²) in [6.07, 6.45) is 6.67. The monoisotopic (exact) mass is 427 g/mol. The molecular formula is C27H33N5. The zero-order valence-corrected chi connectivity index (χ0v) is 19.4. The first-order valence-corrected chi connectivity index (χ1v) is 11.3. The Morgan fingerprint density at radius 3 is 2.84 bits per heavy atom. The smallest absolute Gasteiger partial charge is 0.152 e. The summed E-state index contributed by atoms with van der Waals surface area (Å²) in [5.74, 6) is 2.07. The molecule has 1 saturated carbocycles. The SMILES string of the molecule is C=Cc1cccc(-c2cc(C(=C)Nc3cc(C4CCC(CC(=C)C)C4)[nH]n3)n(C)n2)c1C.